The molecule has 2 rings (SSSR count). The van der Waals surface area contributed by atoms with Crippen molar-refractivity contribution in [1.82, 2.24) is 9.38 Å². The maximum absolute atomic E-state index is 4.37. The van der Waals surface area contributed by atoms with Crippen molar-refractivity contribution in [1.29, 1.82) is 0 Å². The number of fused-ring (bicyclic) bond motifs is 1. The number of rotatable bonds is 1. The van der Waals surface area contributed by atoms with Crippen LogP contribution in [-0.2, 0) is 6.42 Å². The third kappa shape index (κ3) is 1.67. The summed E-state index contributed by atoms with van der Waals surface area (Å²) < 4.78 is 2.06. The number of imidazole rings is 1. The first-order chi connectivity index (χ1) is 5.90. The normalized spacial score (nSPS) is 9.58. The average Bonchev–Trinajstić information content (AvgIpc) is 2.65. The monoisotopic (exact) mass is 182 g/mol. The Balaban J connectivity index is 0.000000336. The van der Waals surface area contributed by atoms with Gasteiger partial charge in [-0.2, -0.15) is 0 Å². The van der Waals surface area contributed by atoms with Gasteiger partial charge in [-0.3, -0.25) is 4.40 Å². The molecule has 0 aromatic carbocycles. The molecule has 0 aliphatic heterocycles. The lowest BCUT2D eigenvalue weighted by Gasteiger charge is -1.79. The fraction of sp³-hybridized carbons (Fsp3) is 0.444. The third-order valence-corrected chi connectivity index (χ3v) is 2.28. The van der Waals surface area contributed by atoms with Gasteiger partial charge in [0.2, 0.25) is 0 Å². The highest BCUT2D eigenvalue weighted by Crippen LogP contribution is 2.10. The molecule has 66 valence electrons. The molecule has 12 heavy (non-hydrogen) atoms. The molecule has 0 bridgehead atoms. The topological polar surface area (TPSA) is 17.3 Å². The summed E-state index contributed by atoms with van der Waals surface area (Å²) in [5.41, 5.74) is 1.17. The van der Waals surface area contributed by atoms with Crippen LogP contribution < -0.4 is 0 Å². The van der Waals surface area contributed by atoms with Crippen molar-refractivity contribution in [2.75, 3.05) is 0 Å². The molecule has 0 saturated heterocycles. The number of hydrogen-bond donors (Lipinski definition) is 0. The van der Waals surface area contributed by atoms with Gasteiger partial charge in [0, 0.05) is 17.8 Å². The van der Waals surface area contributed by atoms with Crippen LogP contribution in [0.3, 0.4) is 0 Å². The van der Waals surface area contributed by atoms with Crippen LogP contribution in [0.1, 0.15) is 26.5 Å². The van der Waals surface area contributed by atoms with Crippen molar-refractivity contribution < 1.29 is 0 Å². The third-order valence-electron chi connectivity index (χ3n) is 1.51. The fourth-order valence-corrected chi connectivity index (χ4v) is 1.67. The Kier molecular flexibility index (Phi) is 3.29. The molecule has 0 spiro atoms. The summed E-state index contributed by atoms with van der Waals surface area (Å²) in [6.45, 7) is 6.12. The molecule has 0 aliphatic carbocycles. The van der Waals surface area contributed by atoms with Crippen LogP contribution in [0.2, 0.25) is 0 Å². The lowest BCUT2D eigenvalue weighted by atomic mass is 10.4. The van der Waals surface area contributed by atoms with E-state index >= 15 is 0 Å². The molecular weight excluding hydrogens is 168 g/mol. The first-order valence-electron chi connectivity index (χ1n) is 4.31. The largest absolute Gasteiger partial charge is 0.297 e. The van der Waals surface area contributed by atoms with Gasteiger partial charge >= 0.3 is 0 Å². The summed E-state index contributed by atoms with van der Waals surface area (Å²) >= 11 is 1.68. The summed E-state index contributed by atoms with van der Waals surface area (Å²) in [5, 5.41) is 2.04. The van der Waals surface area contributed by atoms with Gasteiger partial charge in [-0.15, -0.1) is 11.3 Å². The SMILES string of the molecule is CC.CCc1cn2ccsc2n1. The lowest BCUT2D eigenvalue weighted by Crippen LogP contribution is -1.74. The van der Waals surface area contributed by atoms with Gasteiger partial charge in [0.25, 0.3) is 0 Å². The Morgan fingerprint density at radius 2 is 2.25 bits per heavy atom. The molecule has 2 aromatic rings. The Morgan fingerprint density at radius 1 is 1.50 bits per heavy atom. The van der Waals surface area contributed by atoms with Crippen molar-refractivity contribution in [3.8, 4) is 0 Å². The molecular formula is C9H14N2S. The quantitative estimate of drug-likeness (QED) is 0.662. The predicted molar refractivity (Wildman–Crippen MR) is 53.8 cm³/mol. The fourth-order valence-electron chi connectivity index (χ4n) is 0.946. The first-order valence-corrected chi connectivity index (χ1v) is 5.19. The van der Waals surface area contributed by atoms with Crippen LogP contribution >= 0.6 is 11.3 Å². The standard InChI is InChI=1S/C7H8N2S.C2H6/c1-2-6-5-9-3-4-10-7(9)8-6;1-2/h3-5H,2H2,1H3;1-2H3. The van der Waals surface area contributed by atoms with Crippen LogP contribution in [0.5, 0.6) is 0 Å². The van der Waals surface area contributed by atoms with Crippen molar-refractivity contribution in [3.05, 3.63) is 23.5 Å². The molecule has 0 saturated carbocycles. The average molecular weight is 182 g/mol. The van der Waals surface area contributed by atoms with E-state index in [9.17, 15) is 0 Å². The number of aromatic nitrogens is 2. The minimum Gasteiger partial charge on any atom is -0.297 e. The van der Waals surface area contributed by atoms with Crippen LogP contribution in [0, 0.1) is 0 Å². The highest BCUT2D eigenvalue weighted by atomic mass is 32.1. The lowest BCUT2D eigenvalue weighted by molar-refractivity contribution is 1.07. The molecule has 2 aromatic heterocycles. The van der Waals surface area contributed by atoms with Crippen LogP contribution in [0.15, 0.2) is 17.8 Å². The second kappa shape index (κ2) is 4.26. The van der Waals surface area contributed by atoms with Crippen LogP contribution in [-0.4, -0.2) is 9.38 Å². The number of thiazole rings is 1. The molecule has 0 fully saturated rings. The van der Waals surface area contributed by atoms with Crippen LogP contribution in [0.25, 0.3) is 4.96 Å². The van der Waals surface area contributed by atoms with E-state index in [1.54, 1.807) is 11.3 Å². The van der Waals surface area contributed by atoms with Crippen molar-refractivity contribution in [3.63, 3.8) is 0 Å². The molecule has 0 N–H and O–H groups in total. The maximum atomic E-state index is 4.37. The smallest absolute Gasteiger partial charge is 0.193 e. The van der Waals surface area contributed by atoms with Gasteiger partial charge in [-0.25, -0.2) is 4.98 Å². The summed E-state index contributed by atoms with van der Waals surface area (Å²) in [5.74, 6) is 0. The second-order valence-corrected chi connectivity index (χ2v) is 3.05. The zero-order valence-electron chi connectivity index (χ0n) is 7.74. The van der Waals surface area contributed by atoms with E-state index < -0.39 is 0 Å². The van der Waals surface area contributed by atoms with Gasteiger partial charge in [0.15, 0.2) is 4.96 Å². The van der Waals surface area contributed by atoms with E-state index in [1.165, 1.54) is 5.69 Å². The molecule has 0 unspecified atom stereocenters. The summed E-state index contributed by atoms with van der Waals surface area (Å²) in [6, 6.07) is 0. The molecule has 2 nitrogen and oxygen atoms in total. The van der Waals surface area contributed by atoms with E-state index in [4.69, 9.17) is 0 Å². The van der Waals surface area contributed by atoms with Crippen molar-refractivity contribution >= 4 is 16.3 Å². The van der Waals surface area contributed by atoms with E-state index in [1.807, 2.05) is 25.4 Å². The van der Waals surface area contributed by atoms with E-state index in [2.05, 4.69) is 22.5 Å². The Morgan fingerprint density at radius 3 is 2.83 bits per heavy atom. The summed E-state index contributed by atoms with van der Waals surface area (Å²) in [4.78, 5) is 5.47. The number of hydrogen-bond acceptors (Lipinski definition) is 2. The first kappa shape index (κ1) is 9.26. The molecule has 0 amide bonds. The zero-order chi connectivity index (χ0) is 8.97. The number of aryl methyl sites for hydroxylation is 1. The maximum Gasteiger partial charge on any atom is 0.193 e. The van der Waals surface area contributed by atoms with E-state index in [0.717, 1.165) is 11.4 Å². The van der Waals surface area contributed by atoms with Gasteiger partial charge in [0.1, 0.15) is 0 Å². The highest BCUT2D eigenvalue weighted by Gasteiger charge is 1.97. The molecule has 0 radical (unpaired) electrons. The molecule has 0 atom stereocenters. The Bertz CT molecular complexity index is 306. The predicted octanol–water partition coefficient (Wildman–Crippen LogP) is 2.98. The highest BCUT2D eigenvalue weighted by molar-refractivity contribution is 7.15. The minimum absolute atomic E-state index is 1.02. The van der Waals surface area contributed by atoms with Gasteiger partial charge in [-0.1, -0.05) is 20.8 Å². The Labute approximate surface area is 76.9 Å². The minimum atomic E-state index is 1.02. The zero-order valence-corrected chi connectivity index (χ0v) is 8.56. The van der Waals surface area contributed by atoms with Gasteiger partial charge < -0.3 is 0 Å². The van der Waals surface area contributed by atoms with Gasteiger partial charge in [0.05, 0.1) is 5.69 Å². The van der Waals surface area contributed by atoms with Crippen molar-refractivity contribution in [2.24, 2.45) is 0 Å². The van der Waals surface area contributed by atoms with Gasteiger partial charge in [-0.05, 0) is 6.42 Å². The second-order valence-electron chi connectivity index (χ2n) is 2.18. The van der Waals surface area contributed by atoms with Crippen LogP contribution in [0.4, 0.5) is 0 Å². The van der Waals surface area contributed by atoms with Crippen molar-refractivity contribution in [2.45, 2.75) is 27.2 Å². The Hall–Kier alpha value is -0.830. The summed E-state index contributed by atoms with van der Waals surface area (Å²) in [6.07, 6.45) is 5.13. The molecule has 2 heterocycles. The van der Waals surface area contributed by atoms with E-state index in [0.29, 0.717) is 0 Å². The molecule has 0 aliphatic rings. The van der Waals surface area contributed by atoms with E-state index in [-0.39, 0.29) is 0 Å². The number of nitrogens with zero attached hydrogens (tertiary/aromatic N) is 2. The molecule has 3 heteroatoms. The summed E-state index contributed by atoms with van der Waals surface area (Å²) in [7, 11) is 0.